The molecule has 0 spiro atoms. The van der Waals surface area contributed by atoms with Crippen LogP contribution in [0.4, 0.5) is 5.69 Å². The number of carbonyl (C=O) groups is 1. The monoisotopic (exact) mass is 252 g/mol. The van der Waals surface area contributed by atoms with Crippen LogP contribution in [0.1, 0.15) is 31.2 Å². The number of amides is 1. The molecule has 1 aromatic carbocycles. The molecule has 0 saturated heterocycles. The second kappa shape index (κ2) is 4.67. The Balaban J connectivity index is 2.13. The van der Waals surface area contributed by atoms with E-state index in [0.29, 0.717) is 10.7 Å². The number of hydrogen-bond acceptors (Lipinski definition) is 2. The Labute approximate surface area is 106 Å². The van der Waals surface area contributed by atoms with E-state index in [-0.39, 0.29) is 5.91 Å². The molecule has 1 amide bonds. The highest BCUT2D eigenvalue weighted by molar-refractivity contribution is 6.33. The van der Waals surface area contributed by atoms with Crippen molar-refractivity contribution in [3.8, 4) is 0 Å². The van der Waals surface area contributed by atoms with Gasteiger partial charge in [-0.1, -0.05) is 30.5 Å². The summed E-state index contributed by atoms with van der Waals surface area (Å²) in [6.07, 6.45) is 3.54. The molecule has 1 aromatic rings. The summed E-state index contributed by atoms with van der Waals surface area (Å²) in [6.45, 7) is 1.96. The number of benzene rings is 1. The fraction of sp³-hybridized carbons (Fsp3) is 0.462. The zero-order valence-corrected chi connectivity index (χ0v) is 10.7. The fourth-order valence-corrected chi connectivity index (χ4v) is 2.48. The number of nitrogens with one attached hydrogen (secondary N) is 1. The maximum Gasteiger partial charge on any atom is 0.244 e. The van der Waals surface area contributed by atoms with Crippen LogP contribution >= 0.6 is 11.6 Å². The van der Waals surface area contributed by atoms with Gasteiger partial charge in [-0.05, 0) is 37.5 Å². The molecule has 2 rings (SSSR count). The Morgan fingerprint density at radius 1 is 1.41 bits per heavy atom. The van der Waals surface area contributed by atoms with Crippen LogP contribution in [0.3, 0.4) is 0 Å². The Hall–Kier alpha value is -1.06. The molecule has 0 aromatic heterocycles. The summed E-state index contributed by atoms with van der Waals surface area (Å²) >= 11 is 6.07. The van der Waals surface area contributed by atoms with E-state index in [2.05, 4.69) is 5.32 Å². The summed E-state index contributed by atoms with van der Waals surface area (Å²) < 4.78 is 0. The van der Waals surface area contributed by atoms with Crippen molar-refractivity contribution in [2.75, 3.05) is 5.32 Å². The first-order valence-corrected chi connectivity index (χ1v) is 6.25. The number of carbonyl (C=O) groups excluding carboxylic acids is 1. The second-order valence-electron chi connectivity index (χ2n) is 4.80. The highest BCUT2D eigenvalue weighted by Crippen LogP contribution is 2.30. The van der Waals surface area contributed by atoms with Crippen molar-refractivity contribution in [2.24, 2.45) is 5.73 Å². The van der Waals surface area contributed by atoms with Crippen molar-refractivity contribution >= 4 is 23.2 Å². The van der Waals surface area contributed by atoms with Crippen LogP contribution in [0.25, 0.3) is 0 Å². The predicted molar refractivity (Wildman–Crippen MR) is 70.2 cm³/mol. The van der Waals surface area contributed by atoms with Gasteiger partial charge in [-0.25, -0.2) is 0 Å². The Morgan fingerprint density at radius 3 is 2.65 bits per heavy atom. The van der Waals surface area contributed by atoms with Crippen LogP contribution in [-0.4, -0.2) is 11.4 Å². The minimum Gasteiger partial charge on any atom is -0.323 e. The summed E-state index contributed by atoms with van der Waals surface area (Å²) in [6, 6.07) is 5.56. The Kier molecular flexibility index (Phi) is 3.40. The van der Waals surface area contributed by atoms with Gasteiger partial charge in [0.2, 0.25) is 5.91 Å². The highest BCUT2D eigenvalue weighted by Gasteiger charge is 2.37. The summed E-state index contributed by atoms with van der Waals surface area (Å²) in [5.41, 5.74) is 7.07. The largest absolute Gasteiger partial charge is 0.323 e. The molecule has 1 aliphatic rings. The van der Waals surface area contributed by atoms with Gasteiger partial charge in [0, 0.05) is 0 Å². The second-order valence-corrected chi connectivity index (χ2v) is 5.21. The lowest BCUT2D eigenvalue weighted by atomic mass is 9.98. The maximum atomic E-state index is 12.1. The van der Waals surface area contributed by atoms with Crippen LogP contribution in [0.2, 0.25) is 5.02 Å². The molecule has 0 aliphatic heterocycles. The molecule has 17 heavy (non-hydrogen) atoms. The van der Waals surface area contributed by atoms with Crippen LogP contribution in [0.5, 0.6) is 0 Å². The van der Waals surface area contributed by atoms with Crippen molar-refractivity contribution in [1.29, 1.82) is 0 Å². The van der Waals surface area contributed by atoms with Crippen molar-refractivity contribution in [3.63, 3.8) is 0 Å². The molecule has 0 bridgehead atoms. The van der Waals surface area contributed by atoms with E-state index in [4.69, 9.17) is 17.3 Å². The van der Waals surface area contributed by atoms with Gasteiger partial charge in [0.25, 0.3) is 0 Å². The highest BCUT2D eigenvalue weighted by atomic mass is 35.5. The maximum absolute atomic E-state index is 12.1. The van der Waals surface area contributed by atoms with E-state index in [1.165, 1.54) is 0 Å². The van der Waals surface area contributed by atoms with E-state index in [1.54, 1.807) is 0 Å². The van der Waals surface area contributed by atoms with Crippen LogP contribution in [-0.2, 0) is 4.79 Å². The first-order chi connectivity index (χ1) is 8.01. The first kappa shape index (κ1) is 12.4. The summed E-state index contributed by atoms with van der Waals surface area (Å²) in [7, 11) is 0. The minimum atomic E-state index is -0.714. The quantitative estimate of drug-likeness (QED) is 0.850. The molecule has 4 heteroatoms. The van der Waals surface area contributed by atoms with Gasteiger partial charge in [-0.15, -0.1) is 0 Å². The average molecular weight is 253 g/mol. The minimum absolute atomic E-state index is 0.124. The molecular formula is C13H17ClN2O. The normalized spacial score (nSPS) is 18.1. The van der Waals surface area contributed by atoms with Gasteiger partial charge in [-0.3, -0.25) is 4.79 Å². The molecule has 0 unspecified atom stereocenters. The molecule has 3 N–H and O–H groups in total. The molecular weight excluding hydrogens is 236 g/mol. The molecule has 1 saturated carbocycles. The lowest BCUT2D eigenvalue weighted by Gasteiger charge is -2.22. The lowest BCUT2D eigenvalue weighted by molar-refractivity contribution is -0.121. The molecule has 0 atom stereocenters. The average Bonchev–Trinajstić information content (AvgIpc) is 2.71. The van der Waals surface area contributed by atoms with Crippen LogP contribution in [0.15, 0.2) is 18.2 Å². The van der Waals surface area contributed by atoms with Gasteiger partial charge >= 0.3 is 0 Å². The number of halogens is 1. The number of aryl methyl sites for hydroxylation is 1. The zero-order valence-electron chi connectivity index (χ0n) is 9.92. The van der Waals surface area contributed by atoms with Crippen LogP contribution < -0.4 is 11.1 Å². The Morgan fingerprint density at radius 2 is 2.06 bits per heavy atom. The van der Waals surface area contributed by atoms with Gasteiger partial charge in [0.05, 0.1) is 16.2 Å². The summed E-state index contributed by atoms with van der Waals surface area (Å²) in [4.78, 5) is 12.1. The number of nitrogens with two attached hydrogens (primary N) is 1. The lowest BCUT2D eigenvalue weighted by Crippen LogP contribution is -2.48. The number of rotatable bonds is 2. The first-order valence-electron chi connectivity index (χ1n) is 5.88. The van der Waals surface area contributed by atoms with Gasteiger partial charge in [0.1, 0.15) is 0 Å². The van der Waals surface area contributed by atoms with Crippen molar-refractivity contribution in [2.45, 2.75) is 38.1 Å². The Bertz CT molecular complexity index is 439. The van der Waals surface area contributed by atoms with Gasteiger partial charge < -0.3 is 11.1 Å². The number of hydrogen-bond donors (Lipinski definition) is 2. The molecule has 92 valence electrons. The number of anilines is 1. The van der Waals surface area contributed by atoms with Gasteiger partial charge in [0.15, 0.2) is 0 Å². The molecule has 3 nitrogen and oxygen atoms in total. The third-order valence-corrected chi connectivity index (χ3v) is 3.63. The SMILES string of the molecule is Cc1ccc(NC(=O)C2(N)CCCC2)c(Cl)c1. The topological polar surface area (TPSA) is 55.1 Å². The van der Waals surface area contributed by atoms with E-state index >= 15 is 0 Å². The standard InChI is InChI=1S/C13H17ClN2O/c1-9-4-5-11(10(14)8-9)16-12(17)13(15)6-2-3-7-13/h4-5,8H,2-3,6-7,15H2,1H3,(H,16,17). The van der Waals surface area contributed by atoms with Gasteiger partial charge in [-0.2, -0.15) is 0 Å². The third-order valence-electron chi connectivity index (χ3n) is 3.32. The summed E-state index contributed by atoms with van der Waals surface area (Å²) in [5, 5.41) is 3.38. The molecule has 1 aliphatic carbocycles. The smallest absolute Gasteiger partial charge is 0.244 e. The summed E-state index contributed by atoms with van der Waals surface area (Å²) in [5.74, 6) is -0.124. The van der Waals surface area contributed by atoms with Crippen molar-refractivity contribution in [1.82, 2.24) is 0 Å². The van der Waals surface area contributed by atoms with E-state index in [1.807, 2.05) is 25.1 Å². The molecule has 0 heterocycles. The van der Waals surface area contributed by atoms with E-state index < -0.39 is 5.54 Å². The van der Waals surface area contributed by atoms with E-state index in [9.17, 15) is 4.79 Å². The third kappa shape index (κ3) is 2.61. The molecule has 1 fully saturated rings. The molecule has 0 radical (unpaired) electrons. The zero-order chi connectivity index (χ0) is 12.5. The fourth-order valence-electron chi connectivity index (χ4n) is 2.20. The van der Waals surface area contributed by atoms with Crippen LogP contribution in [0, 0.1) is 6.92 Å². The predicted octanol–water partition coefficient (Wildman–Crippen LogP) is 2.86. The van der Waals surface area contributed by atoms with E-state index in [0.717, 1.165) is 31.2 Å². The van der Waals surface area contributed by atoms with Crippen molar-refractivity contribution < 1.29 is 4.79 Å². The van der Waals surface area contributed by atoms with Crippen molar-refractivity contribution in [3.05, 3.63) is 28.8 Å².